The Morgan fingerprint density at radius 1 is 1.11 bits per heavy atom. The van der Waals surface area contributed by atoms with Crippen LogP contribution in [0.15, 0.2) is 42.5 Å². The van der Waals surface area contributed by atoms with Gasteiger partial charge in [-0.3, -0.25) is 4.90 Å². The van der Waals surface area contributed by atoms with Gasteiger partial charge >= 0.3 is 6.03 Å². The molecule has 27 heavy (non-hydrogen) atoms. The van der Waals surface area contributed by atoms with Gasteiger partial charge < -0.3 is 15.1 Å². The van der Waals surface area contributed by atoms with Crippen molar-refractivity contribution in [1.82, 2.24) is 10.3 Å². The maximum absolute atomic E-state index is 12.6. The fourth-order valence-corrected chi connectivity index (χ4v) is 4.44. The molecule has 1 aromatic heterocycles. The fraction of sp³-hybridized carbons (Fsp3) is 0.429. The van der Waals surface area contributed by atoms with Crippen LogP contribution in [0.2, 0.25) is 0 Å². The number of nitrogens with zero attached hydrogens (tertiary/aromatic N) is 4. The minimum absolute atomic E-state index is 0.0302. The highest BCUT2D eigenvalue weighted by atomic mass is 16.2. The van der Waals surface area contributed by atoms with E-state index in [1.807, 2.05) is 24.3 Å². The molecule has 2 unspecified atom stereocenters. The van der Waals surface area contributed by atoms with Crippen LogP contribution in [-0.2, 0) is 0 Å². The second-order valence-electron chi connectivity index (χ2n) is 7.86. The molecular formula is C21H25N5O. The average Bonchev–Trinajstić information content (AvgIpc) is 3.43. The third kappa shape index (κ3) is 2.71. The zero-order valence-corrected chi connectivity index (χ0v) is 15.8. The van der Waals surface area contributed by atoms with E-state index >= 15 is 0 Å². The number of aromatic nitrogens is 1. The number of hydrogen-bond donors (Lipinski definition) is 1. The van der Waals surface area contributed by atoms with Crippen LogP contribution in [0.25, 0.3) is 0 Å². The van der Waals surface area contributed by atoms with Gasteiger partial charge in [-0.2, -0.15) is 0 Å². The predicted octanol–water partition coefficient (Wildman–Crippen LogP) is 3.16. The van der Waals surface area contributed by atoms with E-state index < -0.39 is 0 Å². The summed E-state index contributed by atoms with van der Waals surface area (Å²) in [5.41, 5.74) is 2.28. The summed E-state index contributed by atoms with van der Waals surface area (Å²) in [4.78, 5) is 24.2. The topological polar surface area (TPSA) is 51.7 Å². The molecule has 1 N–H and O–H groups in total. The third-order valence-corrected chi connectivity index (χ3v) is 5.86. The quantitative estimate of drug-likeness (QED) is 0.910. The Hall–Kier alpha value is -2.76. The molecule has 3 aliphatic rings. The molecule has 2 atom stereocenters. The number of rotatable bonds is 3. The normalized spacial score (nSPS) is 24.8. The van der Waals surface area contributed by atoms with Gasteiger partial charge in [-0.1, -0.05) is 30.3 Å². The van der Waals surface area contributed by atoms with E-state index in [0.29, 0.717) is 18.6 Å². The van der Waals surface area contributed by atoms with Crippen molar-refractivity contribution in [3.05, 3.63) is 48.0 Å². The summed E-state index contributed by atoms with van der Waals surface area (Å²) in [5, 5.41) is 2.98. The molecule has 3 heterocycles. The Morgan fingerprint density at radius 3 is 2.63 bits per heavy atom. The SMILES string of the molecule is CC1CN(C)c2ccc(N3C(=O)NCC3c3ccccc3)nc2N1C1CC1. The first kappa shape index (κ1) is 16.4. The molecule has 2 aromatic rings. The molecule has 2 fully saturated rings. The molecule has 2 aliphatic heterocycles. The molecule has 0 spiro atoms. The van der Waals surface area contributed by atoms with Gasteiger partial charge in [-0.05, 0) is 37.5 Å². The molecule has 1 aliphatic carbocycles. The van der Waals surface area contributed by atoms with Crippen LogP contribution in [0.3, 0.4) is 0 Å². The van der Waals surface area contributed by atoms with Gasteiger partial charge in [0.1, 0.15) is 5.82 Å². The number of benzene rings is 1. The second kappa shape index (κ2) is 6.15. The van der Waals surface area contributed by atoms with Crippen LogP contribution >= 0.6 is 0 Å². The standard InChI is InChI=1S/C21H25N5O/c1-14-13-24(2)17-10-11-19(23-20(17)25(14)16-8-9-16)26-18(12-22-21(26)27)15-6-4-3-5-7-15/h3-7,10-11,14,16,18H,8-9,12-13H2,1-2H3,(H,22,27). The van der Waals surface area contributed by atoms with E-state index in [2.05, 4.69) is 47.3 Å². The summed E-state index contributed by atoms with van der Waals surface area (Å²) in [6.07, 6.45) is 2.46. The molecule has 6 nitrogen and oxygen atoms in total. The van der Waals surface area contributed by atoms with Crippen molar-refractivity contribution in [2.75, 3.05) is 34.8 Å². The molecule has 6 heteroatoms. The molecule has 1 saturated heterocycles. The Balaban J connectivity index is 1.56. The lowest BCUT2D eigenvalue weighted by Gasteiger charge is -2.41. The predicted molar refractivity (Wildman–Crippen MR) is 108 cm³/mol. The van der Waals surface area contributed by atoms with Crippen LogP contribution in [0.1, 0.15) is 31.4 Å². The number of anilines is 3. The van der Waals surface area contributed by atoms with Crippen molar-refractivity contribution >= 4 is 23.4 Å². The van der Waals surface area contributed by atoms with Crippen LogP contribution < -0.4 is 20.0 Å². The lowest BCUT2D eigenvalue weighted by Crippen LogP contribution is -2.48. The first-order valence-corrected chi connectivity index (χ1v) is 9.76. The smallest absolute Gasteiger partial charge is 0.323 e. The molecule has 0 radical (unpaired) electrons. The monoisotopic (exact) mass is 363 g/mol. The number of carbonyl (C=O) groups is 1. The number of nitrogens with one attached hydrogen (secondary N) is 1. The number of carbonyl (C=O) groups excluding carboxylic acids is 1. The fourth-order valence-electron chi connectivity index (χ4n) is 4.44. The Morgan fingerprint density at radius 2 is 1.89 bits per heavy atom. The van der Waals surface area contributed by atoms with Crippen molar-refractivity contribution in [2.24, 2.45) is 0 Å². The maximum atomic E-state index is 12.6. The number of amides is 2. The Bertz CT molecular complexity index is 866. The van der Waals surface area contributed by atoms with E-state index in [4.69, 9.17) is 4.98 Å². The summed E-state index contributed by atoms with van der Waals surface area (Å²) in [5.74, 6) is 1.74. The van der Waals surface area contributed by atoms with Crippen molar-refractivity contribution in [3.63, 3.8) is 0 Å². The Kier molecular flexibility index (Phi) is 3.74. The van der Waals surface area contributed by atoms with Gasteiger partial charge in [0, 0.05) is 32.2 Å². The zero-order chi connectivity index (χ0) is 18.5. The first-order valence-electron chi connectivity index (χ1n) is 9.76. The molecular weight excluding hydrogens is 338 g/mol. The highest BCUT2D eigenvalue weighted by Gasteiger charge is 2.40. The summed E-state index contributed by atoms with van der Waals surface area (Å²) < 4.78 is 0. The van der Waals surface area contributed by atoms with Gasteiger partial charge in [-0.15, -0.1) is 0 Å². The molecule has 140 valence electrons. The highest BCUT2D eigenvalue weighted by Crippen LogP contribution is 2.42. The first-order chi connectivity index (χ1) is 13.1. The lowest BCUT2D eigenvalue weighted by molar-refractivity contribution is 0.251. The molecule has 1 saturated carbocycles. The molecule has 5 rings (SSSR count). The second-order valence-corrected chi connectivity index (χ2v) is 7.86. The molecule has 0 bridgehead atoms. The van der Waals surface area contributed by atoms with E-state index in [9.17, 15) is 4.79 Å². The van der Waals surface area contributed by atoms with Gasteiger partial charge in [0.2, 0.25) is 0 Å². The van der Waals surface area contributed by atoms with Crippen molar-refractivity contribution in [3.8, 4) is 0 Å². The minimum atomic E-state index is -0.0773. The average molecular weight is 363 g/mol. The molecule has 2 amide bonds. The maximum Gasteiger partial charge on any atom is 0.323 e. The van der Waals surface area contributed by atoms with Crippen molar-refractivity contribution in [1.29, 1.82) is 0 Å². The van der Waals surface area contributed by atoms with Crippen molar-refractivity contribution in [2.45, 2.75) is 37.9 Å². The van der Waals surface area contributed by atoms with E-state index in [1.54, 1.807) is 4.90 Å². The summed E-state index contributed by atoms with van der Waals surface area (Å²) in [6.45, 7) is 3.87. The van der Waals surface area contributed by atoms with Crippen LogP contribution in [0.5, 0.6) is 0 Å². The number of pyridine rings is 1. The summed E-state index contributed by atoms with van der Waals surface area (Å²) >= 11 is 0. The van der Waals surface area contributed by atoms with Gasteiger partial charge in [-0.25, -0.2) is 9.78 Å². The number of fused-ring (bicyclic) bond motifs is 1. The summed E-state index contributed by atoms with van der Waals surface area (Å²) in [7, 11) is 2.12. The van der Waals surface area contributed by atoms with Crippen molar-refractivity contribution < 1.29 is 4.79 Å². The van der Waals surface area contributed by atoms with E-state index in [1.165, 1.54) is 12.8 Å². The van der Waals surface area contributed by atoms with E-state index in [0.717, 1.165) is 29.4 Å². The Labute approximate surface area is 159 Å². The summed E-state index contributed by atoms with van der Waals surface area (Å²) in [6, 6.07) is 15.2. The van der Waals surface area contributed by atoms with Crippen LogP contribution in [0.4, 0.5) is 22.1 Å². The highest BCUT2D eigenvalue weighted by molar-refractivity contribution is 5.95. The van der Waals surface area contributed by atoms with Crippen LogP contribution in [-0.4, -0.2) is 43.2 Å². The number of hydrogen-bond acceptors (Lipinski definition) is 4. The van der Waals surface area contributed by atoms with E-state index in [-0.39, 0.29) is 12.1 Å². The third-order valence-electron chi connectivity index (χ3n) is 5.86. The number of urea groups is 1. The minimum Gasteiger partial charge on any atom is -0.370 e. The van der Waals surface area contributed by atoms with Crippen LogP contribution in [0, 0.1) is 0 Å². The zero-order valence-electron chi connectivity index (χ0n) is 15.8. The number of likely N-dealkylation sites (N-methyl/N-ethyl adjacent to an activating group) is 1. The van der Waals surface area contributed by atoms with Gasteiger partial charge in [0.05, 0.1) is 11.7 Å². The largest absolute Gasteiger partial charge is 0.370 e. The van der Waals surface area contributed by atoms with Gasteiger partial charge in [0.25, 0.3) is 0 Å². The molecule has 1 aromatic carbocycles. The van der Waals surface area contributed by atoms with Gasteiger partial charge in [0.15, 0.2) is 5.82 Å². The lowest BCUT2D eigenvalue weighted by atomic mass is 10.1.